The van der Waals surface area contributed by atoms with Crippen molar-refractivity contribution in [1.82, 2.24) is 20.9 Å². The third-order valence-electron chi connectivity index (χ3n) is 5.04. The Kier molecular flexibility index (Phi) is 14.1. The van der Waals surface area contributed by atoms with E-state index in [1.54, 1.807) is 14.2 Å². The number of amides is 1. The molecule has 1 aliphatic rings. The SMILES string of the molecule is CCCNC(=O)CN=C(NCC)NCC(c1ccc(OC)c(OC)c1)N1CCOCC1.I. The molecule has 0 aromatic heterocycles. The van der Waals surface area contributed by atoms with E-state index in [0.29, 0.717) is 50.3 Å². The van der Waals surface area contributed by atoms with Crippen LogP contribution in [0.1, 0.15) is 31.9 Å². The number of rotatable bonds is 11. The van der Waals surface area contributed by atoms with E-state index in [9.17, 15) is 4.79 Å². The maximum Gasteiger partial charge on any atom is 0.241 e. The predicted octanol–water partition coefficient (Wildman–Crippen LogP) is 1.78. The fourth-order valence-electron chi connectivity index (χ4n) is 3.41. The topological polar surface area (TPSA) is 96.5 Å². The summed E-state index contributed by atoms with van der Waals surface area (Å²) in [6.45, 7) is 9.20. The number of benzene rings is 1. The zero-order valence-electron chi connectivity index (χ0n) is 19.6. The summed E-state index contributed by atoms with van der Waals surface area (Å²) in [6.07, 6.45) is 0.903. The smallest absolute Gasteiger partial charge is 0.241 e. The molecule has 9 nitrogen and oxygen atoms in total. The largest absolute Gasteiger partial charge is 0.493 e. The molecule has 1 aromatic carbocycles. The van der Waals surface area contributed by atoms with Crippen LogP contribution in [-0.4, -0.2) is 83.5 Å². The number of ether oxygens (including phenoxy) is 3. The third kappa shape index (κ3) is 8.99. The monoisotopic (exact) mass is 563 g/mol. The molecular formula is C22H38IN5O4. The van der Waals surface area contributed by atoms with Gasteiger partial charge in [-0.15, -0.1) is 24.0 Å². The van der Waals surface area contributed by atoms with E-state index < -0.39 is 0 Å². The number of nitrogens with one attached hydrogen (secondary N) is 3. The first-order chi connectivity index (χ1) is 15.1. The van der Waals surface area contributed by atoms with E-state index in [0.717, 1.165) is 25.1 Å². The lowest BCUT2D eigenvalue weighted by atomic mass is 10.0. The van der Waals surface area contributed by atoms with Crippen LogP contribution in [0.15, 0.2) is 23.2 Å². The highest BCUT2D eigenvalue weighted by Gasteiger charge is 2.24. The normalized spacial score (nSPS) is 15.3. The van der Waals surface area contributed by atoms with Crippen molar-refractivity contribution in [1.29, 1.82) is 0 Å². The number of halogens is 1. The average Bonchev–Trinajstić information content (AvgIpc) is 2.81. The van der Waals surface area contributed by atoms with Crippen LogP contribution in [0.25, 0.3) is 0 Å². The van der Waals surface area contributed by atoms with Gasteiger partial charge < -0.3 is 30.2 Å². The Balaban J connectivity index is 0.00000512. The Hall–Kier alpha value is -1.79. The zero-order valence-corrected chi connectivity index (χ0v) is 21.9. The Bertz CT molecular complexity index is 714. The number of morpholine rings is 1. The molecule has 0 aliphatic carbocycles. The second-order valence-corrected chi connectivity index (χ2v) is 7.20. The van der Waals surface area contributed by atoms with Crippen molar-refractivity contribution in [3.8, 4) is 11.5 Å². The van der Waals surface area contributed by atoms with Crippen molar-refractivity contribution < 1.29 is 19.0 Å². The predicted molar refractivity (Wildman–Crippen MR) is 137 cm³/mol. The van der Waals surface area contributed by atoms with E-state index in [2.05, 4.69) is 31.9 Å². The summed E-state index contributed by atoms with van der Waals surface area (Å²) in [6, 6.07) is 6.09. The number of nitrogens with zero attached hydrogens (tertiary/aromatic N) is 2. The van der Waals surface area contributed by atoms with Crippen molar-refractivity contribution in [2.24, 2.45) is 4.99 Å². The number of carbonyl (C=O) groups is 1. The van der Waals surface area contributed by atoms with E-state index in [-0.39, 0.29) is 42.5 Å². The summed E-state index contributed by atoms with van der Waals surface area (Å²) in [4.78, 5) is 18.7. The third-order valence-corrected chi connectivity index (χ3v) is 5.04. The minimum atomic E-state index is -0.0799. The van der Waals surface area contributed by atoms with Gasteiger partial charge in [-0.2, -0.15) is 0 Å². The summed E-state index contributed by atoms with van der Waals surface area (Å²) < 4.78 is 16.4. The fourth-order valence-corrected chi connectivity index (χ4v) is 3.41. The number of methoxy groups -OCH3 is 2. The number of carbonyl (C=O) groups excluding carboxylic acids is 1. The highest BCUT2D eigenvalue weighted by Crippen LogP contribution is 2.32. The number of aliphatic imine (C=N–C) groups is 1. The van der Waals surface area contributed by atoms with E-state index in [1.807, 2.05) is 26.0 Å². The fraction of sp³-hybridized carbons (Fsp3) is 0.636. The van der Waals surface area contributed by atoms with Gasteiger partial charge in [0.25, 0.3) is 0 Å². The van der Waals surface area contributed by atoms with Crippen LogP contribution >= 0.6 is 24.0 Å². The molecule has 10 heteroatoms. The van der Waals surface area contributed by atoms with Crippen LogP contribution in [-0.2, 0) is 9.53 Å². The molecule has 1 aromatic rings. The van der Waals surface area contributed by atoms with E-state index in [4.69, 9.17) is 14.2 Å². The standard InChI is InChI=1S/C22H37N5O4.HI/c1-5-9-24-21(28)16-26-22(23-6-2)25-15-18(27-10-12-31-13-11-27)17-7-8-19(29-3)20(14-17)30-4;/h7-8,14,18H,5-6,9-13,15-16H2,1-4H3,(H,24,28)(H2,23,25,26);1H. The minimum Gasteiger partial charge on any atom is -0.493 e. The Morgan fingerprint density at radius 3 is 2.47 bits per heavy atom. The summed E-state index contributed by atoms with van der Waals surface area (Å²) in [5.74, 6) is 1.94. The first-order valence-corrected chi connectivity index (χ1v) is 11.0. The van der Waals surface area contributed by atoms with Gasteiger partial charge in [-0.25, -0.2) is 4.99 Å². The van der Waals surface area contributed by atoms with Gasteiger partial charge in [0.2, 0.25) is 5.91 Å². The number of hydrogen-bond acceptors (Lipinski definition) is 6. The summed E-state index contributed by atoms with van der Waals surface area (Å²) in [5.41, 5.74) is 1.11. The Morgan fingerprint density at radius 2 is 1.84 bits per heavy atom. The van der Waals surface area contributed by atoms with E-state index >= 15 is 0 Å². The molecule has 1 fully saturated rings. The highest BCUT2D eigenvalue weighted by molar-refractivity contribution is 14.0. The van der Waals surface area contributed by atoms with Crippen molar-refractivity contribution in [2.75, 3.05) is 66.7 Å². The molecule has 0 bridgehead atoms. The maximum atomic E-state index is 11.9. The van der Waals surface area contributed by atoms with Crippen molar-refractivity contribution in [3.63, 3.8) is 0 Å². The molecule has 2 rings (SSSR count). The molecule has 32 heavy (non-hydrogen) atoms. The molecule has 1 amide bonds. The zero-order chi connectivity index (χ0) is 22.5. The summed E-state index contributed by atoms with van der Waals surface area (Å²) in [7, 11) is 3.28. The van der Waals surface area contributed by atoms with Crippen molar-refractivity contribution in [2.45, 2.75) is 26.3 Å². The van der Waals surface area contributed by atoms with Gasteiger partial charge in [0.05, 0.1) is 33.5 Å². The quantitative estimate of drug-likeness (QED) is 0.215. The Labute approximate surface area is 208 Å². The van der Waals surface area contributed by atoms with Gasteiger partial charge in [0.15, 0.2) is 17.5 Å². The molecule has 1 saturated heterocycles. The molecule has 0 saturated carbocycles. The molecule has 3 N–H and O–H groups in total. The van der Waals surface area contributed by atoms with Crippen LogP contribution in [0.3, 0.4) is 0 Å². The van der Waals surface area contributed by atoms with Gasteiger partial charge in [-0.3, -0.25) is 9.69 Å². The molecule has 0 radical (unpaired) electrons. The van der Waals surface area contributed by atoms with Gasteiger partial charge in [0, 0.05) is 32.7 Å². The lowest BCUT2D eigenvalue weighted by Crippen LogP contribution is -2.46. The molecular weight excluding hydrogens is 525 g/mol. The van der Waals surface area contributed by atoms with Gasteiger partial charge in [0.1, 0.15) is 6.54 Å². The van der Waals surface area contributed by atoms with Gasteiger partial charge in [-0.1, -0.05) is 13.0 Å². The molecule has 1 heterocycles. The van der Waals surface area contributed by atoms with Crippen molar-refractivity contribution >= 4 is 35.8 Å². The van der Waals surface area contributed by atoms with E-state index in [1.165, 1.54) is 0 Å². The number of guanidine groups is 1. The van der Waals surface area contributed by atoms with Crippen molar-refractivity contribution in [3.05, 3.63) is 23.8 Å². The van der Waals surface area contributed by atoms with Crippen LogP contribution in [0.2, 0.25) is 0 Å². The van der Waals surface area contributed by atoms with Crippen LogP contribution < -0.4 is 25.4 Å². The second-order valence-electron chi connectivity index (χ2n) is 7.20. The van der Waals surface area contributed by atoms with Crippen LogP contribution in [0.4, 0.5) is 0 Å². The molecule has 1 aliphatic heterocycles. The molecule has 182 valence electrons. The molecule has 1 atom stereocenters. The summed E-state index contributed by atoms with van der Waals surface area (Å²) >= 11 is 0. The molecule has 1 unspecified atom stereocenters. The number of hydrogen-bond donors (Lipinski definition) is 3. The van der Waals surface area contributed by atoms with Crippen LogP contribution in [0.5, 0.6) is 11.5 Å². The minimum absolute atomic E-state index is 0. The lowest BCUT2D eigenvalue weighted by Gasteiger charge is -2.35. The van der Waals surface area contributed by atoms with Crippen LogP contribution in [0, 0.1) is 0 Å². The maximum absolute atomic E-state index is 11.9. The van der Waals surface area contributed by atoms with Gasteiger partial charge in [-0.05, 0) is 31.0 Å². The average molecular weight is 563 g/mol. The Morgan fingerprint density at radius 1 is 1.12 bits per heavy atom. The summed E-state index contributed by atoms with van der Waals surface area (Å²) in [5, 5.41) is 9.46. The highest BCUT2D eigenvalue weighted by atomic mass is 127. The second kappa shape index (κ2) is 15.9. The first kappa shape index (κ1) is 28.2. The first-order valence-electron chi connectivity index (χ1n) is 11.0. The molecule has 0 spiro atoms. The van der Waals surface area contributed by atoms with Gasteiger partial charge >= 0.3 is 0 Å². The lowest BCUT2D eigenvalue weighted by molar-refractivity contribution is -0.119.